The molecule has 1 nitrogen and oxygen atoms in total. The van der Waals surface area contributed by atoms with Crippen LogP contribution in [-0.4, -0.2) is 10.8 Å². The van der Waals surface area contributed by atoms with Gasteiger partial charge in [-0.2, -0.15) is 0 Å². The van der Waals surface area contributed by atoms with E-state index >= 15 is 0 Å². The van der Waals surface area contributed by atoms with E-state index in [0.29, 0.717) is 5.02 Å². The van der Waals surface area contributed by atoms with Crippen LogP contribution in [0.1, 0.15) is 0 Å². The second-order valence-corrected chi connectivity index (χ2v) is 6.31. The van der Waals surface area contributed by atoms with Crippen LogP contribution in [0, 0.1) is 0 Å². The number of rotatable bonds is 2. The third kappa shape index (κ3) is 3.05. The zero-order valence-corrected chi connectivity index (χ0v) is 12.3. The van der Waals surface area contributed by atoms with Gasteiger partial charge in [0.1, 0.15) is 6.26 Å². The van der Waals surface area contributed by atoms with Gasteiger partial charge in [0.15, 0.2) is 4.90 Å². The average Bonchev–Trinajstić information content (AvgIpc) is 2.27. The zero-order valence-electron chi connectivity index (χ0n) is 9.11. The van der Waals surface area contributed by atoms with Gasteiger partial charge < -0.3 is 4.55 Å². The Morgan fingerprint density at radius 2 is 1.88 bits per heavy atom. The second kappa shape index (κ2) is 5.44. The predicted octanol–water partition coefficient (Wildman–Crippen LogP) is 4.51. The first-order valence-corrected chi connectivity index (χ1v) is 7.70. The van der Waals surface area contributed by atoms with Crippen molar-refractivity contribution in [3.05, 3.63) is 52.0 Å². The molecule has 4 heteroatoms. The molecule has 0 aliphatic heterocycles. The molecule has 0 fully saturated rings. The summed E-state index contributed by atoms with van der Waals surface area (Å²) < 4.78 is 12.6. The smallest absolute Gasteiger partial charge is 0.160 e. The molecule has 0 spiro atoms. The van der Waals surface area contributed by atoms with E-state index < -0.39 is 11.2 Å². The minimum absolute atomic E-state index is 0.658. The Labute approximate surface area is 117 Å². The normalized spacial score (nSPS) is 12.5. The molecule has 0 aromatic heterocycles. The van der Waals surface area contributed by atoms with Gasteiger partial charge in [0.05, 0.1) is 0 Å². The fraction of sp³-hybridized carbons (Fsp3) is 0.0769. The molecule has 0 saturated carbocycles. The quantitative estimate of drug-likeness (QED) is 0.744. The molecule has 2 aromatic rings. The Morgan fingerprint density at radius 1 is 1.18 bits per heavy atom. The minimum atomic E-state index is -1.01. The fourth-order valence-electron chi connectivity index (χ4n) is 1.67. The fourth-order valence-corrected chi connectivity index (χ4v) is 3.29. The van der Waals surface area contributed by atoms with E-state index in [9.17, 15) is 4.55 Å². The molecular formula is C13H10BrClOS. The highest BCUT2D eigenvalue weighted by molar-refractivity contribution is 9.10. The lowest BCUT2D eigenvalue weighted by atomic mass is 10.1. The van der Waals surface area contributed by atoms with Crippen molar-refractivity contribution in [2.24, 2.45) is 0 Å². The molecule has 0 saturated heterocycles. The molecule has 1 atom stereocenters. The Balaban J connectivity index is 2.60. The minimum Gasteiger partial charge on any atom is -0.612 e. The van der Waals surface area contributed by atoms with Crippen molar-refractivity contribution in [3.8, 4) is 11.1 Å². The van der Waals surface area contributed by atoms with Crippen molar-refractivity contribution in [3.63, 3.8) is 0 Å². The van der Waals surface area contributed by atoms with Crippen molar-refractivity contribution >= 4 is 38.7 Å². The van der Waals surface area contributed by atoms with Gasteiger partial charge in [-0.25, -0.2) is 0 Å². The van der Waals surface area contributed by atoms with Crippen molar-refractivity contribution in [1.29, 1.82) is 0 Å². The first-order chi connectivity index (χ1) is 8.08. The summed E-state index contributed by atoms with van der Waals surface area (Å²) in [6.45, 7) is 0. The van der Waals surface area contributed by atoms with E-state index in [4.69, 9.17) is 11.6 Å². The van der Waals surface area contributed by atoms with Gasteiger partial charge in [-0.3, -0.25) is 0 Å². The Bertz CT molecular complexity index is 522. The molecule has 0 N–H and O–H groups in total. The van der Waals surface area contributed by atoms with Gasteiger partial charge in [0.2, 0.25) is 0 Å². The van der Waals surface area contributed by atoms with Crippen molar-refractivity contribution in [2.75, 3.05) is 6.26 Å². The highest BCUT2D eigenvalue weighted by Crippen LogP contribution is 2.31. The molecule has 0 bridgehead atoms. The number of hydrogen-bond acceptors (Lipinski definition) is 1. The van der Waals surface area contributed by atoms with E-state index in [0.717, 1.165) is 20.5 Å². The summed E-state index contributed by atoms with van der Waals surface area (Å²) in [7, 11) is 0. The molecule has 0 radical (unpaired) electrons. The van der Waals surface area contributed by atoms with Crippen LogP contribution in [0.4, 0.5) is 0 Å². The highest BCUT2D eigenvalue weighted by atomic mass is 79.9. The molecule has 0 aliphatic carbocycles. The summed E-state index contributed by atoms with van der Waals surface area (Å²) in [5.74, 6) is 0. The molecule has 17 heavy (non-hydrogen) atoms. The number of halogens is 2. The summed E-state index contributed by atoms with van der Waals surface area (Å²) >= 11 is 8.43. The molecule has 88 valence electrons. The predicted molar refractivity (Wildman–Crippen MR) is 76.9 cm³/mol. The zero-order chi connectivity index (χ0) is 12.4. The van der Waals surface area contributed by atoms with Gasteiger partial charge in [-0.15, -0.1) is 0 Å². The van der Waals surface area contributed by atoms with Crippen LogP contribution in [0.5, 0.6) is 0 Å². The summed E-state index contributed by atoms with van der Waals surface area (Å²) in [4.78, 5) is 0.821. The maximum atomic E-state index is 11.7. The Kier molecular flexibility index (Phi) is 4.15. The molecule has 1 unspecified atom stereocenters. The van der Waals surface area contributed by atoms with Crippen LogP contribution in [0.25, 0.3) is 11.1 Å². The lowest BCUT2D eigenvalue weighted by Crippen LogP contribution is -1.99. The van der Waals surface area contributed by atoms with Gasteiger partial charge in [-0.05, 0) is 47.1 Å². The van der Waals surface area contributed by atoms with Crippen molar-refractivity contribution in [2.45, 2.75) is 4.90 Å². The molecule has 2 rings (SSSR count). The lowest BCUT2D eigenvalue weighted by Gasteiger charge is -2.10. The Morgan fingerprint density at radius 3 is 2.53 bits per heavy atom. The van der Waals surface area contributed by atoms with Crippen LogP contribution < -0.4 is 0 Å². The van der Waals surface area contributed by atoms with Gasteiger partial charge in [0.25, 0.3) is 0 Å². The Hall–Kier alpha value is -0.480. The van der Waals surface area contributed by atoms with E-state index in [1.54, 1.807) is 6.26 Å². The van der Waals surface area contributed by atoms with Gasteiger partial charge in [0, 0.05) is 15.1 Å². The third-order valence-electron chi connectivity index (χ3n) is 2.37. The summed E-state index contributed by atoms with van der Waals surface area (Å²) in [5.41, 5.74) is 1.92. The van der Waals surface area contributed by atoms with Crippen molar-refractivity contribution < 1.29 is 4.55 Å². The summed E-state index contributed by atoms with van der Waals surface area (Å²) in [6, 6.07) is 13.3. The molecule has 2 aromatic carbocycles. The largest absolute Gasteiger partial charge is 0.612 e. The second-order valence-electron chi connectivity index (χ2n) is 3.61. The number of benzene rings is 2. The molecule has 0 heterocycles. The van der Waals surface area contributed by atoms with Crippen LogP contribution in [0.15, 0.2) is 51.8 Å². The van der Waals surface area contributed by atoms with E-state index in [2.05, 4.69) is 15.9 Å². The van der Waals surface area contributed by atoms with E-state index in [1.165, 1.54) is 0 Å². The van der Waals surface area contributed by atoms with Crippen LogP contribution >= 0.6 is 27.5 Å². The van der Waals surface area contributed by atoms with E-state index in [-0.39, 0.29) is 0 Å². The SMILES string of the molecule is C[S+]([O-])c1ccccc1-c1cc(Cl)cc(Br)c1. The monoisotopic (exact) mass is 328 g/mol. The topological polar surface area (TPSA) is 23.1 Å². The van der Waals surface area contributed by atoms with Crippen LogP contribution in [-0.2, 0) is 11.2 Å². The van der Waals surface area contributed by atoms with Crippen LogP contribution in [0.3, 0.4) is 0 Å². The van der Waals surface area contributed by atoms with Gasteiger partial charge in [-0.1, -0.05) is 39.7 Å². The standard InChI is InChI=1S/C13H10BrClOS/c1-17(16)13-5-3-2-4-12(13)9-6-10(14)8-11(15)7-9/h2-8H,1H3. The maximum Gasteiger partial charge on any atom is 0.160 e. The molecule has 0 aliphatic rings. The van der Waals surface area contributed by atoms with Gasteiger partial charge >= 0.3 is 0 Å². The number of hydrogen-bond donors (Lipinski definition) is 0. The summed E-state index contributed by atoms with van der Waals surface area (Å²) in [5, 5.41) is 0.658. The van der Waals surface area contributed by atoms with Crippen LogP contribution in [0.2, 0.25) is 5.02 Å². The molecule has 0 amide bonds. The van der Waals surface area contributed by atoms with E-state index in [1.807, 2.05) is 42.5 Å². The summed E-state index contributed by atoms with van der Waals surface area (Å²) in [6.07, 6.45) is 1.68. The van der Waals surface area contributed by atoms with Crippen molar-refractivity contribution in [1.82, 2.24) is 0 Å². The highest BCUT2D eigenvalue weighted by Gasteiger charge is 2.13. The lowest BCUT2D eigenvalue weighted by molar-refractivity contribution is 0.601. The first-order valence-electron chi connectivity index (χ1n) is 4.97. The maximum absolute atomic E-state index is 11.7. The average molecular weight is 330 g/mol. The first kappa shape index (κ1) is 13.0. The third-order valence-corrected chi connectivity index (χ3v) is 4.02. The molecular weight excluding hydrogens is 320 g/mol.